The average molecular weight is 259 g/mol. The molecule has 19 heavy (non-hydrogen) atoms. The molecule has 0 saturated carbocycles. The lowest BCUT2D eigenvalue weighted by atomic mass is 10.2. The number of aromatic nitrogens is 3. The molecule has 0 aliphatic carbocycles. The molecule has 6 nitrogen and oxygen atoms in total. The lowest BCUT2D eigenvalue weighted by Crippen LogP contribution is -2.26. The number of nitrogens with zero attached hydrogens (tertiary/aromatic N) is 3. The molecular weight excluding hydrogens is 242 g/mol. The second kappa shape index (κ2) is 6.10. The minimum absolute atomic E-state index is 0.118. The Kier molecular flexibility index (Phi) is 4.25. The zero-order valence-electron chi connectivity index (χ0n) is 10.8. The van der Waals surface area contributed by atoms with Crippen LogP contribution in [-0.4, -0.2) is 27.2 Å². The fourth-order valence-electron chi connectivity index (χ4n) is 1.73. The van der Waals surface area contributed by atoms with Crippen LogP contribution in [0.1, 0.15) is 21.7 Å². The zero-order chi connectivity index (χ0) is 13.7. The first kappa shape index (κ1) is 13.2. The van der Waals surface area contributed by atoms with Crippen molar-refractivity contribution in [3.63, 3.8) is 0 Å². The van der Waals surface area contributed by atoms with Gasteiger partial charge in [-0.15, -0.1) is 0 Å². The third-order valence-electron chi connectivity index (χ3n) is 2.72. The van der Waals surface area contributed by atoms with Crippen molar-refractivity contribution in [1.29, 1.82) is 0 Å². The zero-order valence-corrected chi connectivity index (χ0v) is 10.8. The van der Waals surface area contributed by atoms with Gasteiger partial charge in [-0.05, 0) is 18.2 Å². The highest BCUT2D eigenvalue weighted by molar-refractivity contribution is 5.94. The van der Waals surface area contributed by atoms with Gasteiger partial charge >= 0.3 is 0 Å². The van der Waals surface area contributed by atoms with Crippen molar-refractivity contribution in [2.45, 2.75) is 13.0 Å². The van der Waals surface area contributed by atoms with E-state index in [1.54, 1.807) is 23.0 Å². The normalized spacial score (nSPS) is 10.4. The smallest absolute Gasteiger partial charge is 0.251 e. The van der Waals surface area contributed by atoms with Crippen LogP contribution in [0.2, 0.25) is 0 Å². The van der Waals surface area contributed by atoms with E-state index in [0.29, 0.717) is 30.8 Å². The molecule has 3 N–H and O–H groups in total. The highest BCUT2D eigenvalue weighted by atomic mass is 16.1. The van der Waals surface area contributed by atoms with Crippen molar-refractivity contribution in [3.8, 4) is 0 Å². The molecule has 0 atom stereocenters. The fraction of sp³-hybridized carbons (Fsp3) is 0.308. The first-order chi connectivity index (χ1) is 9.19. The van der Waals surface area contributed by atoms with E-state index >= 15 is 0 Å². The SMILES string of the molecule is Cn1ccc(CCNC(=O)c2ccnc(CN)c2)n1. The summed E-state index contributed by atoms with van der Waals surface area (Å²) < 4.78 is 1.74. The molecule has 2 aromatic heterocycles. The minimum atomic E-state index is -0.118. The van der Waals surface area contributed by atoms with Crippen molar-refractivity contribution >= 4 is 5.91 Å². The molecule has 0 aliphatic rings. The lowest BCUT2D eigenvalue weighted by Gasteiger charge is -2.05. The maximum Gasteiger partial charge on any atom is 0.251 e. The van der Waals surface area contributed by atoms with E-state index in [1.807, 2.05) is 19.3 Å². The lowest BCUT2D eigenvalue weighted by molar-refractivity contribution is 0.0954. The molecule has 0 aromatic carbocycles. The van der Waals surface area contributed by atoms with Crippen molar-refractivity contribution in [1.82, 2.24) is 20.1 Å². The summed E-state index contributed by atoms with van der Waals surface area (Å²) in [6.07, 6.45) is 4.19. The van der Waals surface area contributed by atoms with Crippen LogP contribution >= 0.6 is 0 Å². The number of hydrogen-bond acceptors (Lipinski definition) is 4. The van der Waals surface area contributed by atoms with Crippen LogP contribution in [0.5, 0.6) is 0 Å². The quantitative estimate of drug-likeness (QED) is 0.805. The van der Waals surface area contributed by atoms with Gasteiger partial charge in [0.05, 0.1) is 11.4 Å². The van der Waals surface area contributed by atoms with E-state index in [2.05, 4.69) is 15.4 Å². The van der Waals surface area contributed by atoms with Gasteiger partial charge in [0.2, 0.25) is 0 Å². The van der Waals surface area contributed by atoms with E-state index < -0.39 is 0 Å². The van der Waals surface area contributed by atoms with Gasteiger partial charge in [-0.1, -0.05) is 0 Å². The number of carbonyl (C=O) groups excluding carboxylic acids is 1. The predicted octanol–water partition coefficient (Wildman–Crippen LogP) is 0.246. The van der Waals surface area contributed by atoms with Gasteiger partial charge in [-0.25, -0.2) is 0 Å². The second-order valence-corrected chi connectivity index (χ2v) is 4.23. The number of amides is 1. The highest BCUT2D eigenvalue weighted by Crippen LogP contribution is 2.01. The third-order valence-corrected chi connectivity index (χ3v) is 2.72. The number of rotatable bonds is 5. The monoisotopic (exact) mass is 259 g/mol. The van der Waals surface area contributed by atoms with Crippen molar-refractivity contribution in [3.05, 3.63) is 47.5 Å². The predicted molar refractivity (Wildman–Crippen MR) is 71.4 cm³/mol. The van der Waals surface area contributed by atoms with E-state index in [-0.39, 0.29) is 5.91 Å². The number of aryl methyl sites for hydroxylation is 1. The van der Waals surface area contributed by atoms with E-state index in [9.17, 15) is 4.79 Å². The van der Waals surface area contributed by atoms with Gasteiger partial charge in [-0.2, -0.15) is 5.10 Å². The molecule has 0 radical (unpaired) electrons. The largest absolute Gasteiger partial charge is 0.352 e. The molecule has 0 spiro atoms. The minimum Gasteiger partial charge on any atom is -0.352 e. The summed E-state index contributed by atoms with van der Waals surface area (Å²) >= 11 is 0. The molecule has 0 bridgehead atoms. The molecule has 1 amide bonds. The Morgan fingerprint density at radius 3 is 2.95 bits per heavy atom. The molecule has 100 valence electrons. The molecule has 0 aliphatic heterocycles. The Morgan fingerprint density at radius 2 is 2.26 bits per heavy atom. The molecule has 2 heterocycles. The van der Waals surface area contributed by atoms with Crippen molar-refractivity contribution < 1.29 is 4.79 Å². The van der Waals surface area contributed by atoms with Crippen LogP contribution in [0, 0.1) is 0 Å². The molecule has 2 rings (SSSR count). The third kappa shape index (κ3) is 3.62. The number of hydrogen-bond donors (Lipinski definition) is 2. The summed E-state index contributed by atoms with van der Waals surface area (Å²) in [5, 5.41) is 7.10. The summed E-state index contributed by atoms with van der Waals surface area (Å²) in [6.45, 7) is 0.880. The molecule has 0 fully saturated rings. The number of nitrogens with two attached hydrogens (primary N) is 1. The molecule has 0 unspecified atom stereocenters. The Morgan fingerprint density at radius 1 is 1.42 bits per heavy atom. The van der Waals surface area contributed by atoms with Crippen LogP contribution in [-0.2, 0) is 20.0 Å². The summed E-state index contributed by atoms with van der Waals surface area (Å²) in [5.74, 6) is -0.118. The maximum absolute atomic E-state index is 11.9. The summed E-state index contributed by atoms with van der Waals surface area (Å²) in [4.78, 5) is 16.0. The highest BCUT2D eigenvalue weighted by Gasteiger charge is 2.06. The Labute approximate surface area is 111 Å². The van der Waals surface area contributed by atoms with Crippen LogP contribution in [0.15, 0.2) is 30.6 Å². The van der Waals surface area contributed by atoms with Crippen LogP contribution in [0.3, 0.4) is 0 Å². The van der Waals surface area contributed by atoms with Crippen molar-refractivity contribution in [2.24, 2.45) is 12.8 Å². The van der Waals surface area contributed by atoms with E-state index in [1.165, 1.54) is 0 Å². The van der Waals surface area contributed by atoms with Gasteiger partial charge in [-0.3, -0.25) is 14.5 Å². The number of nitrogens with one attached hydrogen (secondary N) is 1. The van der Waals surface area contributed by atoms with E-state index in [4.69, 9.17) is 5.73 Å². The Bertz CT molecular complexity index is 564. The number of pyridine rings is 1. The first-order valence-corrected chi connectivity index (χ1v) is 6.11. The van der Waals surface area contributed by atoms with Gasteiger partial charge in [0.1, 0.15) is 0 Å². The van der Waals surface area contributed by atoms with Crippen molar-refractivity contribution in [2.75, 3.05) is 6.54 Å². The topological polar surface area (TPSA) is 85.8 Å². The number of carbonyl (C=O) groups is 1. The Balaban J connectivity index is 1.87. The summed E-state index contributed by atoms with van der Waals surface area (Å²) in [6, 6.07) is 5.32. The van der Waals surface area contributed by atoms with Gasteiger partial charge < -0.3 is 11.1 Å². The van der Waals surface area contributed by atoms with Crippen LogP contribution < -0.4 is 11.1 Å². The van der Waals surface area contributed by atoms with Crippen LogP contribution in [0.4, 0.5) is 0 Å². The second-order valence-electron chi connectivity index (χ2n) is 4.23. The fourth-order valence-corrected chi connectivity index (χ4v) is 1.73. The van der Waals surface area contributed by atoms with Gasteiger partial charge in [0, 0.05) is 44.5 Å². The molecule has 6 heteroatoms. The van der Waals surface area contributed by atoms with E-state index in [0.717, 1.165) is 5.69 Å². The summed E-state index contributed by atoms with van der Waals surface area (Å²) in [7, 11) is 1.87. The summed E-state index contributed by atoms with van der Waals surface area (Å²) in [5.41, 5.74) is 7.74. The Hall–Kier alpha value is -2.21. The average Bonchev–Trinajstić information content (AvgIpc) is 2.84. The van der Waals surface area contributed by atoms with Gasteiger partial charge in [0.15, 0.2) is 0 Å². The van der Waals surface area contributed by atoms with Crippen LogP contribution in [0.25, 0.3) is 0 Å². The standard InChI is InChI=1S/C13H17N5O/c1-18-7-4-11(17-18)3-6-16-13(19)10-2-5-15-12(8-10)9-14/h2,4-5,7-8H,3,6,9,14H2,1H3,(H,16,19). The molecule has 2 aromatic rings. The molecular formula is C13H17N5O. The maximum atomic E-state index is 11.9. The first-order valence-electron chi connectivity index (χ1n) is 6.11. The van der Waals surface area contributed by atoms with Gasteiger partial charge in [0.25, 0.3) is 5.91 Å². The molecule has 0 saturated heterocycles.